The van der Waals surface area contributed by atoms with Crippen molar-refractivity contribution in [2.24, 2.45) is 0 Å². The molecule has 31 heavy (non-hydrogen) atoms. The number of thioether (sulfide) groups is 1. The van der Waals surface area contributed by atoms with E-state index < -0.39 is 10.0 Å². The van der Waals surface area contributed by atoms with Gasteiger partial charge in [0.1, 0.15) is 0 Å². The molecule has 1 fully saturated rings. The maximum atomic E-state index is 13.2. The van der Waals surface area contributed by atoms with E-state index in [2.05, 4.69) is 10.0 Å². The van der Waals surface area contributed by atoms with E-state index in [1.807, 2.05) is 11.2 Å². The topological polar surface area (TPSA) is 95.6 Å². The first-order chi connectivity index (χ1) is 14.8. The lowest BCUT2D eigenvalue weighted by Crippen LogP contribution is -2.32. The second-order valence-electron chi connectivity index (χ2n) is 7.44. The zero-order valence-electron chi connectivity index (χ0n) is 17.7. The second-order valence-corrected chi connectivity index (χ2v) is 9.97. The summed E-state index contributed by atoms with van der Waals surface area (Å²) in [4.78, 5) is 27.0. The van der Waals surface area contributed by atoms with Crippen molar-refractivity contribution in [3.8, 4) is 0 Å². The third-order valence-electron chi connectivity index (χ3n) is 5.04. The summed E-state index contributed by atoms with van der Waals surface area (Å²) < 4.78 is 28.6. The zero-order valence-corrected chi connectivity index (χ0v) is 19.3. The molecule has 9 heteroatoms. The smallest absolute Gasteiger partial charge is 0.261 e. The van der Waals surface area contributed by atoms with Gasteiger partial charge in [-0.3, -0.25) is 14.3 Å². The van der Waals surface area contributed by atoms with Crippen molar-refractivity contribution in [3.05, 3.63) is 48.0 Å². The third kappa shape index (κ3) is 6.01. The Kier molecular flexibility index (Phi) is 7.61. The van der Waals surface area contributed by atoms with Crippen LogP contribution in [0.5, 0.6) is 0 Å². The van der Waals surface area contributed by atoms with E-state index in [-0.39, 0.29) is 16.7 Å². The van der Waals surface area contributed by atoms with Gasteiger partial charge in [-0.25, -0.2) is 8.42 Å². The van der Waals surface area contributed by atoms with Crippen LogP contribution in [0, 0.1) is 0 Å². The first kappa shape index (κ1) is 23.1. The fraction of sp³-hybridized carbons (Fsp3) is 0.364. The molecule has 166 valence electrons. The number of nitrogens with zero attached hydrogens (tertiary/aromatic N) is 1. The molecule has 1 saturated heterocycles. The zero-order chi connectivity index (χ0) is 22.4. The SMILES string of the molecule is CSc1ccc(S(=O)(=O)Nc2cccc(NC(C)=O)c2)cc1C(=O)N1CCCCCC1. The van der Waals surface area contributed by atoms with Gasteiger partial charge in [0.15, 0.2) is 0 Å². The summed E-state index contributed by atoms with van der Waals surface area (Å²) in [6.45, 7) is 2.77. The first-order valence-electron chi connectivity index (χ1n) is 10.2. The number of amides is 2. The second kappa shape index (κ2) is 10.2. The molecule has 0 atom stereocenters. The van der Waals surface area contributed by atoms with E-state index in [1.54, 1.807) is 30.3 Å². The Morgan fingerprint density at radius 2 is 1.65 bits per heavy atom. The first-order valence-corrected chi connectivity index (χ1v) is 12.9. The number of benzene rings is 2. The number of likely N-dealkylation sites (tertiary alicyclic amines) is 1. The highest BCUT2D eigenvalue weighted by atomic mass is 32.2. The van der Waals surface area contributed by atoms with Crippen LogP contribution in [0.2, 0.25) is 0 Å². The summed E-state index contributed by atoms with van der Waals surface area (Å²) in [6.07, 6.45) is 6.01. The molecule has 1 aliphatic heterocycles. The number of carbonyl (C=O) groups excluding carboxylic acids is 2. The van der Waals surface area contributed by atoms with Gasteiger partial charge in [0.25, 0.3) is 15.9 Å². The molecule has 1 heterocycles. The maximum absolute atomic E-state index is 13.2. The predicted molar refractivity (Wildman–Crippen MR) is 124 cm³/mol. The highest BCUT2D eigenvalue weighted by Crippen LogP contribution is 2.27. The highest BCUT2D eigenvalue weighted by molar-refractivity contribution is 7.98. The van der Waals surface area contributed by atoms with E-state index >= 15 is 0 Å². The largest absolute Gasteiger partial charge is 0.339 e. The minimum absolute atomic E-state index is 0.0217. The Hall–Kier alpha value is -2.52. The normalized spacial score (nSPS) is 14.6. The number of rotatable bonds is 6. The van der Waals surface area contributed by atoms with Crippen LogP contribution >= 0.6 is 11.8 Å². The van der Waals surface area contributed by atoms with Crippen LogP contribution in [-0.2, 0) is 14.8 Å². The molecule has 2 aromatic carbocycles. The van der Waals surface area contributed by atoms with Crippen LogP contribution in [-0.4, -0.2) is 44.5 Å². The number of sulfonamides is 1. The van der Waals surface area contributed by atoms with Crippen LogP contribution in [0.25, 0.3) is 0 Å². The Morgan fingerprint density at radius 1 is 0.968 bits per heavy atom. The van der Waals surface area contributed by atoms with Gasteiger partial charge in [0.2, 0.25) is 5.91 Å². The summed E-state index contributed by atoms with van der Waals surface area (Å²) in [7, 11) is -3.92. The van der Waals surface area contributed by atoms with Gasteiger partial charge in [-0.1, -0.05) is 18.9 Å². The van der Waals surface area contributed by atoms with Crippen LogP contribution < -0.4 is 10.0 Å². The number of carbonyl (C=O) groups is 2. The van der Waals surface area contributed by atoms with Crippen LogP contribution in [0.15, 0.2) is 52.3 Å². The van der Waals surface area contributed by atoms with E-state index in [9.17, 15) is 18.0 Å². The molecular weight excluding hydrogens is 434 g/mol. The quantitative estimate of drug-likeness (QED) is 0.629. The Balaban J connectivity index is 1.88. The van der Waals surface area contributed by atoms with Gasteiger partial charge >= 0.3 is 0 Å². The van der Waals surface area contributed by atoms with Gasteiger partial charge in [0.05, 0.1) is 16.1 Å². The van der Waals surface area contributed by atoms with E-state index in [4.69, 9.17) is 0 Å². The average molecular weight is 462 g/mol. The molecular formula is C22H27N3O4S2. The summed E-state index contributed by atoms with van der Waals surface area (Å²) in [5.41, 5.74) is 1.22. The maximum Gasteiger partial charge on any atom is 0.261 e. The number of hydrogen-bond donors (Lipinski definition) is 2. The molecule has 2 N–H and O–H groups in total. The Labute approximate surface area is 187 Å². The third-order valence-corrected chi connectivity index (χ3v) is 7.21. The van der Waals surface area contributed by atoms with Crippen molar-refractivity contribution < 1.29 is 18.0 Å². The standard InChI is InChI=1S/C22H27N3O4S2/c1-16(26)23-17-8-7-9-18(14-17)24-31(28,29)19-10-11-21(30-2)20(15-19)22(27)25-12-5-3-4-6-13-25/h7-11,14-15,24H,3-6,12-13H2,1-2H3,(H,23,26). The molecule has 0 unspecified atom stereocenters. The fourth-order valence-electron chi connectivity index (χ4n) is 3.54. The summed E-state index contributed by atoms with van der Waals surface area (Å²) >= 11 is 1.42. The molecule has 3 rings (SSSR count). The van der Waals surface area contributed by atoms with E-state index in [0.29, 0.717) is 30.0 Å². The molecule has 0 aliphatic carbocycles. The molecule has 0 bridgehead atoms. The number of anilines is 2. The minimum Gasteiger partial charge on any atom is -0.339 e. The van der Waals surface area contributed by atoms with E-state index in [1.165, 1.54) is 30.8 Å². The van der Waals surface area contributed by atoms with Crippen molar-refractivity contribution in [1.29, 1.82) is 0 Å². The van der Waals surface area contributed by atoms with Crippen LogP contribution in [0.3, 0.4) is 0 Å². The molecule has 0 saturated carbocycles. The van der Waals surface area contributed by atoms with Crippen molar-refractivity contribution in [2.45, 2.75) is 42.4 Å². The molecule has 7 nitrogen and oxygen atoms in total. The lowest BCUT2D eigenvalue weighted by atomic mass is 10.2. The lowest BCUT2D eigenvalue weighted by Gasteiger charge is -2.22. The fourth-order valence-corrected chi connectivity index (χ4v) is 5.19. The molecule has 2 amide bonds. The van der Waals surface area contributed by atoms with Gasteiger partial charge < -0.3 is 10.2 Å². The number of nitrogens with one attached hydrogen (secondary N) is 2. The van der Waals surface area contributed by atoms with Crippen molar-refractivity contribution >= 4 is 45.0 Å². The van der Waals surface area contributed by atoms with Gasteiger partial charge in [-0.15, -0.1) is 11.8 Å². The molecule has 0 aromatic heterocycles. The summed E-state index contributed by atoms with van der Waals surface area (Å²) in [5, 5.41) is 2.62. The van der Waals surface area contributed by atoms with Crippen molar-refractivity contribution in [1.82, 2.24) is 4.90 Å². The van der Waals surface area contributed by atoms with E-state index in [0.717, 1.165) is 30.6 Å². The predicted octanol–water partition coefficient (Wildman–Crippen LogP) is 4.18. The van der Waals surface area contributed by atoms with Crippen LogP contribution in [0.4, 0.5) is 11.4 Å². The van der Waals surface area contributed by atoms with Gasteiger partial charge in [0, 0.05) is 30.6 Å². The highest BCUT2D eigenvalue weighted by Gasteiger charge is 2.23. The van der Waals surface area contributed by atoms with Crippen molar-refractivity contribution in [3.63, 3.8) is 0 Å². The average Bonchev–Trinajstić information content (AvgIpc) is 3.02. The lowest BCUT2D eigenvalue weighted by molar-refractivity contribution is -0.114. The van der Waals surface area contributed by atoms with Gasteiger partial charge in [-0.05, 0) is 55.5 Å². The summed E-state index contributed by atoms with van der Waals surface area (Å²) in [5.74, 6) is -0.375. The van der Waals surface area contributed by atoms with Gasteiger partial charge in [-0.2, -0.15) is 0 Å². The monoisotopic (exact) mass is 461 g/mol. The minimum atomic E-state index is -3.92. The van der Waals surface area contributed by atoms with Crippen LogP contribution in [0.1, 0.15) is 43.0 Å². The number of hydrogen-bond acceptors (Lipinski definition) is 5. The van der Waals surface area contributed by atoms with Crippen molar-refractivity contribution in [2.75, 3.05) is 29.4 Å². The summed E-state index contributed by atoms with van der Waals surface area (Å²) in [6, 6.07) is 11.1. The Morgan fingerprint density at radius 3 is 2.29 bits per heavy atom. The Bertz CT molecular complexity index is 1060. The molecule has 0 spiro atoms. The molecule has 0 radical (unpaired) electrons. The molecule has 1 aliphatic rings. The molecule has 2 aromatic rings.